The van der Waals surface area contributed by atoms with Crippen molar-refractivity contribution in [3.63, 3.8) is 0 Å². The molecule has 1 N–H and O–H groups in total. The first-order valence-corrected chi connectivity index (χ1v) is 9.08. The third-order valence-corrected chi connectivity index (χ3v) is 4.11. The average molecular weight is 452 g/mol. The molecule has 2 aromatic rings. The van der Waals surface area contributed by atoms with Gasteiger partial charge in [-0.25, -0.2) is 5.43 Å². The van der Waals surface area contributed by atoms with Gasteiger partial charge < -0.3 is 9.47 Å². The zero-order valence-electron chi connectivity index (χ0n) is 14.3. The van der Waals surface area contributed by atoms with Gasteiger partial charge in [0.25, 0.3) is 0 Å². The molecule has 0 radical (unpaired) electrons. The number of rotatable bonds is 8. The molecular formula is C19H21IN2O3. The van der Waals surface area contributed by atoms with Crippen LogP contribution < -0.4 is 14.9 Å². The highest BCUT2D eigenvalue weighted by molar-refractivity contribution is 14.1. The SMILES string of the molecule is CCCOc1c(I)cc(/C=N/NC(=O)Cc2ccccc2)cc1OC. The summed E-state index contributed by atoms with van der Waals surface area (Å²) < 4.78 is 12.0. The van der Waals surface area contributed by atoms with Crippen LogP contribution >= 0.6 is 22.6 Å². The fourth-order valence-electron chi connectivity index (χ4n) is 2.16. The zero-order valence-corrected chi connectivity index (χ0v) is 16.4. The number of nitrogens with one attached hydrogen (secondary N) is 1. The number of hydrogen-bond acceptors (Lipinski definition) is 4. The average Bonchev–Trinajstić information content (AvgIpc) is 2.61. The van der Waals surface area contributed by atoms with Gasteiger partial charge in [-0.1, -0.05) is 37.3 Å². The molecule has 1 amide bonds. The molecule has 0 atom stereocenters. The summed E-state index contributed by atoms with van der Waals surface area (Å²) >= 11 is 2.20. The summed E-state index contributed by atoms with van der Waals surface area (Å²) in [4.78, 5) is 11.9. The number of amides is 1. The van der Waals surface area contributed by atoms with Gasteiger partial charge in [-0.2, -0.15) is 5.10 Å². The second-order valence-corrected chi connectivity index (χ2v) is 6.50. The standard InChI is InChI=1S/C19H21IN2O3/c1-3-9-25-19-16(20)10-15(11-17(19)24-2)13-21-22-18(23)12-14-7-5-4-6-8-14/h4-8,10-11,13H,3,9,12H2,1-2H3,(H,22,23)/b21-13+. The molecule has 0 bridgehead atoms. The van der Waals surface area contributed by atoms with Crippen LogP contribution in [0.2, 0.25) is 0 Å². The summed E-state index contributed by atoms with van der Waals surface area (Å²) in [6, 6.07) is 13.3. The minimum Gasteiger partial charge on any atom is -0.493 e. The van der Waals surface area contributed by atoms with E-state index >= 15 is 0 Å². The Kier molecular flexibility index (Phi) is 7.72. The molecule has 0 aliphatic rings. The van der Waals surface area contributed by atoms with Gasteiger partial charge >= 0.3 is 0 Å². The Bertz CT molecular complexity index is 733. The van der Waals surface area contributed by atoms with Gasteiger partial charge in [-0.05, 0) is 52.3 Å². The van der Waals surface area contributed by atoms with E-state index in [0.717, 1.165) is 26.9 Å². The fraction of sp³-hybridized carbons (Fsp3) is 0.263. The summed E-state index contributed by atoms with van der Waals surface area (Å²) in [5.41, 5.74) is 4.31. The molecule has 0 aliphatic heterocycles. The number of ether oxygens (including phenoxy) is 2. The number of halogens is 1. The molecule has 0 unspecified atom stereocenters. The van der Waals surface area contributed by atoms with E-state index in [2.05, 4.69) is 40.0 Å². The Morgan fingerprint density at radius 2 is 2.04 bits per heavy atom. The van der Waals surface area contributed by atoms with Crippen LogP contribution in [-0.2, 0) is 11.2 Å². The number of nitrogens with zero attached hydrogens (tertiary/aromatic N) is 1. The number of carbonyl (C=O) groups excluding carboxylic acids is 1. The number of carbonyl (C=O) groups is 1. The summed E-state index contributed by atoms with van der Waals surface area (Å²) in [6.07, 6.45) is 2.82. The molecule has 0 fully saturated rings. The highest BCUT2D eigenvalue weighted by Crippen LogP contribution is 2.33. The molecule has 132 valence electrons. The lowest BCUT2D eigenvalue weighted by atomic mass is 10.1. The molecule has 2 rings (SSSR count). The Morgan fingerprint density at radius 3 is 2.72 bits per heavy atom. The maximum atomic E-state index is 11.9. The number of methoxy groups -OCH3 is 1. The van der Waals surface area contributed by atoms with Crippen molar-refractivity contribution in [1.82, 2.24) is 5.43 Å². The molecule has 0 aliphatic carbocycles. The predicted molar refractivity (Wildman–Crippen MR) is 107 cm³/mol. The third-order valence-electron chi connectivity index (χ3n) is 3.31. The minimum absolute atomic E-state index is 0.160. The second-order valence-electron chi connectivity index (χ2n) is 5.34. The normalized spacial score (nSPS) is 10.7. The van der Waals surface area contributed by atoms with Crippen LogP contribution in [-0.4, -0.2) is 25.8 Å². The third kappa shape index (κ3) is 6.04. The van der Waals surface area contributed by atoms with Crippen molar-refractivity contribution < 1.29 is 14.3 Å². The quantitative estimate of drug-likeness (QED) is 0.377. The van der Waals surface area contributed by atoms with E-state index in [4.69, 9.17) is 9.47 Å². The lowest BCUT2D eigenvalue weighted by Gasteiger charge is -2.12. The topological polar surface area (TPSA) is 59.9 Å². The van der Waals surface area contributed by atoms with Gasteiger partial charge in [0.2, 0.25) is 5.91 Å². The molecule has 0 saturated carbocycles. The Hall–Kier alpha value is -2.09. The lowest BCUT2D eigenvalue weighted by Crippen LogP contribution is -2.19. The predicted octanol–water partition coefficient (Wildman–Crippen LogP) is 3.78. The molecule has 25 heavy (non-hydrogen) atoms. The van der Waals surface area contributed by atoms with Crippen molar-refractivity contribution in [2.24, 2.45) is 5.10 Å². The van der Waals surface area contributed by atoms with E-state index in [1.165, 1.54) is 0 Å². The van der Waals surface area contributed by atoms with Crippen LogP contribution in [0.4, 0.5) is 0 Å². The maximum absolute atomic E-state index is 11.9. The van der Waals surface area contributed by atoms with E-state index < -0.39 is 0 Å². The van der Waals surface area contributed by atoms with Crippen LogP contribution in [0.3, 0.4) is 0 Å². The van der Waals surface area contributed by atoms with Crippen LogP contribution in [0.15, 0.2) is 47.6 Å². The van der Waals surface area contributed by atoms with Gasteiger partial charge in [0.15, 0.2) is 11.5 Å². The first-order valence-electron chi connectivity index (χ1n) is 8.00. The van der Waals surface area contributed by atoms with Crippen molar-refractivity contribution in [3.05, 3.63) is 57.2 Å². The van der Waals surface area contributed by atoms with E-state index in [1.807, 2.05) is 42.5 Å². The van der Waals surface area contributed by atoms with Crippen molar-refractivity contribution in [1.29, 1.82) is 0 Å². The molecule has 0 saturated heterocycles. The monoisotopic (exact) mass is 452 g/mol. The van der Waals surface area contributed by atoms with Crippen molar-refractivity contribution >= 4 is 34.7 Å². The van der Waals surface area contributed by atoms with E-state index in [0.29, 0.717) is 18.8 Å². The molecule has 0 aromatic heterocycles. The van der Waals surface area contributed by atoms with Crippen LogP contribution in [0.1, 0.15) is 24.5 Å². The molecule has 2 aromatic carbocycles. The number of hydrogen-bond donors (Lipinski definition) is 1. The molecular weight excluding hydrogens is 431 g/mol. The first kappa shape index (κ1) is 19.2. The minimum atomic E-state index is -0.160. The smallest absolute Gasteiger partial charge is 0.244 e. The van der Waals surface area contributed by atoms with E-state index in [9.17, 15) is 4.79 Å². The molecule has 5 nitrogen and oxygen atoms in total. The van der Waals surface area contributed by atoms with Gasteiger partial charge in [-0.3, -0.25) is 4.79 Å². The number of hydrazone groups is 1. The molecule has 6 heteroatoms. The van der Waals surface area contributed by atoms with Gasteiger partial charge in [0.1, 0.15) is 0 Å². The van der Waals surface area contributed by atoms with Crippen LogP contribution in [0, 0.1) is 3.57 Å². The Morgan fingerprint density at radius 1 is 1.28 bits per heavy atom. The Labute approximate surface area is 161 Å². The fourth-order valence-corrected chi connectivity index (χ4v) is 2.94. The molecule has 0 heterocycles. The van der Waals surface area contributed by atoms with E-state index in [-0.39, 0.29) is 5.91 Å². The highest BCUT2D eigenvalue weighted by Gasteiger charge is 2.11. The summed E-state index contributed by atoms with van der Waals surface area (Å²) in [5, 5.41) is 4.02. The number of benzene rings is 2. The van der Waals surface area contributed by atoms with Gasteiger partial charge in [-0.15, -0.1) is 0 Å². The summed E-state index contributed by atoms with van der Waals surface area (Å²) in [6.45, 7) is 2.69. The summed E-state index contributed by atoms with van der Waals surface area (Å²) in [5.74, 6) is 1.22. The first-order chi connectivity index (χ1) is 12.1. The summed E-state index contributed by atoms with van der Waals surface area (Å²) in [7, 11) is 1.60. The van der Waals surface area contributed by atoms with Crippen LogP contribution in [0.5, 0.6) is 11.5 Å². The van der Waals surface area contributed by atoms with Gasteiger partial charge in [0, 0.05) is 0 Å². The van der Waals surface area contributed by atoms with Gasteiger partial charge in [0.05, 0.1) is 29.9 Å². The highest BCUT2D eigenvalue weighted by atomic mass is 127. The maximum Gasteiger partial charge on any atom is 0.244 e. The van der Waals surface area contributed by atoms with E-state index in [1.54, 1.807) is 13.3 Å². The van der Waals surface area contributed by atoms with Crippen molar-refractivity contribution in [3.8, 4) is 11.5 Å². The van der Waals surface area contributed by atoms with Crippen LogP contribution in [0.25, 0.3) is 0 Å². The molecule has 0 spiro atoms. The zero-order chi connectivity index (χ0) is 18.1. The second kappa shape index (κ2) is 10.0. The lowest BCUT2D eigenvalue weighted by molar-refractivity contribution is -0.120. The van der Waals surface area contributed by atoms with Crippen molar-refractivity contribution in [2.75, 3.05) is 13.7 Å². The Balaban J connectivity index is 2.00. The largest absolute Gasteiger partial charge is 0.493 e. The van der Waals surface area contributed by atoms with Crippen molar-refractivity contribution in [2.45, 2.75) is 19.8 Å².